The molecule has 0 saturated carbocycles. The van der Waals surface area contributed by atoms with E-state index in [1.54, 1.807) is 31.2 Å². The summed E-state index contributed by atoms with van der Waals surface area (Å²) in [7, 11) is 4.40. The Morgan fingerprint density at radius 1 is 1.02 bits per heavy atom. The molecule has 4 aromatic rings. The average Bonchev–Trinajstić information content (AvgIpc) is 3.58. The highest BCUT2D eigenvalue weighted by molar-refractivity contribution is 5.98. The van der Waals surface area contributed by atoms with Crippen molar-refractivity contribution in [3.8, 4) is 28.7 Å². The Balaban J connectivity index is 1.60. The molecule has 11 nitrogen and oxygen atoms in total. The molecule has 1 aromatic heterocycles. The second-order valence-corrected chi connectivity index (χ2v) is 12.4. The number of methoxy groups -OCH3 is 3. The number of amides is 1. The Morgan fingerprint density at radius 3 is 2.48 bits per heavy atom. The van der Waals surface area contributed by atoms with Crippen LogP contribution in [0.3, 0.4) is 0 Å². The molecular weight excluding hydrogens is 640 g/mol. The Hall–Kier alpha value is -5.45. The van der Waals surface area contributed by atoms with Gasteiger partial charge in [-0.3, -0.25) is 9.59 Å². The Bertz CT molecular complexity index is 1870. The Kier molecular flexibility index (Phi) is 11.7. The molecule has 5 rings (SSSR count). The molecule has 1 aliphatic rings. The summed E-state index contributed by atoms with van der Waals surface area (Å²) in [6.07, 6.45) is 7.58. The first-order valence-electron chi connectivity index (χ1n) is 16.7. The van der Waals surface area contributed by atoms with Gasteiger partial charge in [0.1, 0.15) is 22.8 Å². The van der Waals surface area contributed by atoms with Crippen molar-refractivity contribution in [1.82, 2.24) is 10.3 Å². The molecule has 3 aromatic carbocycles. The van der Waals surface area contributed by atoms with Crippen molar-refractivity contribution in [2.24, 2.45) is 0 Å². The number of ether oxygens (including phenoxy) is 4. The van der Waals surface area contributed by atoms with E-state index in [0.29, 0.717) is 61.3 Å². The zero-order valence-corrected chi connectivity index (χ0v) is 28.8. The van der Waals surface area contributed by atoms with E-state index in [4.69, 9.17) is 18.9 Å². The molecule has 0 fully saturated rings. The lowest BCUT2D eigenvalue weighted by molar-refractivity contribution is -0.121. The third-order valence-electron chi connectivity index (χ3n) is 9.04. The quantitative estimate of drug-likeness (QED) is 0.137. The van der Waals surface area contributed by atoms with Crippen molar-refractivity contribution in [2.75, 3.05) is 21.3 Å². The van der Waals surface area contributed by atoms with Crippen molar-refractivity contribution in [1.29, 1.82) is 0 Å². The van der Waals surface area contributed by atoms with Gasteiger partial charge in [0.15, 0.2) is 11.5 Å². The lowest BCUT2D eigenvalue weighted by atomic mass is 9.84. The lowest BCUT2D eigenvalue weighted by Crippen LogP contribution is -2.25. The van der Waals surface area contributed by atoms with Crippen molar-refractivity contribution in [3.63, 3.8) is 0 Å². The van der Waals surface area contributed by atoms with E-state index in [1.165, 1.54) is 27.4 Å². The maximum absolute atomic E-state index is 13.7. The number of ketones is 1. The fourth-order valence-corrected chi connectivity index (χ4v) is 6.46. The number of Topliss-reactive ketones (excluding diaryl/α,β-unsaturated/α-hetero) is 1. The molecule has 2 unspecified atom stereocenters. The summed E-state index contributed by atoms with van der Waals surface area (Å²) in [5, 5.41) is 27.5. The van der Waals surface area contributed by atoms with E-state index >= 15 is 0 Å². The van der Waals surface area contributed by atoms with Gasteiger partial charge in [0.05, 0.1) is 27.4 Å². The Labute approximate surface area is 291 Å². The smallest absolute Gasteiger partial charge is 0.342 e. The SMILES string of the molecule is COc1cc(C(CC(=O)NCc2cccc3[nH]ccc23)c2c(O)cc3c(c2O)C(=O)OC(C)CCCC(=O)CCCC=C3)cc(OC)c1OC. The second kappa shape index (κ2) is 16.3. The van der Waals surface area contributed by atoms with Crippen LogP contribution in [-0.2, 0) is 20.9 Å². The number of rotatable bonds is 9. The predicted octanol–water partition coefficient (Wildman–Crippen LogP) is 6.93. The molecule has 0 aliphatic carbocycles. The van der Waals surface area contributed by atoms with Crippen LogP contribution < -0.4 is 19.5 Å². The van der Waals surface area contributed by atoms with Crippen molar-refractivity contribution >= 4 is 34.6 Å². The number of carbonyl (C=O) groups excluding carboxylic acids is 3. The molecule has 264 valence electrons. The number of esters is 1. The third-order valence-corrected chi connectivity index (χ3v) is 9.04. The zero-order valence-electron chi connectivity index (χ0n) is 28.8. The molecule has 1 amide bonds. The number of carbonyl (C=O) groups is 3. The molecule has 0 saturated heterocycles. The number of cyclic esters (lactones) is 1. The van der Waals surface area contributed by atoms with Gasteiger partial charge < -0.3 is 39.5 Å². The van der Waals surface area contributed by atoms with Crippen LogP contribution in [0, 0.1) is 0 Å². The molecule has 1 aliphatic heterocycles. The summed E-state index contributed by atoms with van der Waals surface area (Å²) < 4.78 is 22.5. The molecule has 4 N–H and O–H groups in total. The number of aromatic amines is 1. The maximum Gasteiger partial charge on any atom is 0.342 e. The maximum atomic E-state index is 13.7. The van der Waals surface area contributed by atoms with Crippen LogP contribution in [0.5, 0.6) is 28.7 Å². The number of phenolic OH excluding ortho intramolecular Hbond substituents is 2. The lowest BCUT2D eigenvalue weighted by Gasteiger charge is -2.24. The number of H-pyrrole nitrogens is 1. The first-order chi connectivity index (χ1) is 24.1. The highest BCUT2D eigenvalue weighted by Crippen LogP contribution is 2.47. The van der Waals surface area contributed by atoms with Crippen molar-refractivity contribution in [2.45, 2.75) is 70.4 Å². The number of hydrogen-bond acceptors (Lipinski definition) is 9. The molecule has 11 heteroatoms. The standard InChI is InChI=1S/C39H44N2O9/c1-23-10-8-14-27(42)13-7-5-6-11-24-18-31(43)36(37(45)35(24)39(46)50-23)29(26-19-32(47-2)38(49-4)33(20-26)48-3)21-34(44)41-22-25-12-9-15-30-28(25)16-17-40-30/h6,9,11-12,15-20,23,29,40,43,45H,5,7-8,10,13-14,21-22H2,1-4H3,(H,41,44). The fraction of sp³-hybridized carbons (Fsp3) is 0.359. The van der Waals surface area contributed by atoms with Crippen molar-refractivity contribution in [3.05, 3.63) is 82.6 Å². The van der Waals surface area contributed by atoms with Gasteiger partial charge in [-0.15, -0.1) is 0 Å². The fourth-order valence-electron chi connectivity index (χ4n) is 6.46. The number of benzene rings is 3. The third kappa shape index (κ3) is 8.05. The van der Waals surface area contributed by atoms with E-state index < -0.39 is 23.7 Å². The van der Waals surface area contributed by atoms with E-state index in [-0.39, 0.29) is 47.1 Å². The van der Waals surface area contributed by atoms with Gasteiger partial charge in [-0.1, -0.05) is 24.3 Å². The number of aromatic nitrogens is 1. The van der Waals surface area contributed by atoms with Crippen molar-refractivity contribution < 1.29 is 43.5 Å². The van der Waals surface area contributed by atoms with Gasteiger partial charge in [0.2, 0.25) is 11.7 Å². The Morgan fingerprint density at radius 2 is 1.76 bits per heavy atom. The highest BCUT2D eigenvalue weighted by Gasteiger charge is 2.32. The van der Waals surface area contributed by atoms with Gasteiger partial charge in [-0.25, -0.2) is 4.79 Å². The van der Waals surface area contributed by atoms with Gasteiger partial charge in [-0.2, -0.15) is 0 Å². The van der Waals surface area contributed by atoms with E-state index in [9.17, 15) is 24.6 Å². The molecular formula is C39H44N2O9. The first-order valence-corrected chi connectivity index (χ1v) is 16.7. The number of phenols is 2. The van der Waals surface area contributed by atoms with E-state index in [2.05, 4.69) is 10.3 Å². The van der Waals surface area contributed by atoms with Crippen LogP contribution in [0.2, 0.25) is 0 Å². The average molecular weight is 685 g/mol. The van der Waals surface area contributed by atoms with Gasteiger partial charge >= 0.3 is 5.97 Å². The number of hydrogen-bond donors (Lipinski definition) is 4. The molecule has 2 heterocycles. The molecule has 0 radical (unpaired) electrons. The van der Waals surface area contributed by atoms with Crippen LogP contribution in [0.25, 0.3) is 17.0 Å². The number of fused-ring (bicyclic) bond motifs is 2. The minimum atomic E-state index is -0.981. The van der Waals surface area contributed by atoms with E-state index in [0.717, 1.165) is 16.5 Å². The number of nitrogens with one attached hydrogen (secondary N) is 2. The zero-order chi connectivity index (χ0) is 35.8. The molecule has 0 bridgehead atoms. The van der Waals surface area contributed by atoms with Crippen LogP contribution in [-0.4, -0.2) is 60.3 Å². The predicted molar refractivity (Wildman–Crippen MR) is 189 cm³/mol. The van der Waals surface area contributed by atoms with Gasteiger partial charge in [0, 0.05) is 54.4 Å². The van der Waals surface area contributed by atoms with Crippen LogP contribution in [0.1, 0.15) is 90.4 Å². The molecule has 50 heavy (non-hydrogen) atoms. The van der Waals surface area contributed by atoms with Crippen LogP contribution in [0.15, 0.2) is 54.7 Å². The summed E-state index contributed by atoms with van der Waals surface area (Å²) in [5.74, 6) is -1.88. The molecule has 0 spiro atoms. The number of aromatic hydroxyl groups is 2. The van der Waals surface area contributed by atoms with Crippen LogP contribution >= 0.6 is 0 Å². The second-order valence-electron chi connectivity index (χ2n) is 12.4. The largest absolute Gasteiger partial charge is 0.507 e. The highest BCUT2D eigenvalue weighted by atomic mass is 16.5. The normalized spacial score (nSPS) is 16.2. The minimum absolute atomic E-state index is 0.0365. The van der Waals surface area contributed by atoms with Gasteiger partial charge in [-0.05, 0) is 79.6 Å². The molecule has 2 atom stereocenters. The minimum Gasteiger partial charge on any atom is -0.507 e. The van der Waals surface area contributed by atoms with E-state index in [1.807, 2.05) is 30.5 Å². The summed E-state index contributed by atoms with van der Waals surface area (Å²) in [6, 6.07) is 12.4. The first kappa shape index (κ1) is 35.8. The number of allylic oxidation sites excluding steroid dienone is 1. The summed E-state index contributed by atoms with van der Waals surface area (Å²) >= 11 is 0. The monoisotopic (exact) mass is 684 g/mol. The summed E-state index contributed by atoms with van der Waals surface area (Å²) in [5.41, 5.74) is 2.38. The van der Waals surface area contributed by atoms with Gasteiger partial charge in [0.25, 0.3) is 0 Å². The summed E-state index contributed by atoms with van der Waals surface area (Å²) in [6.45, 7) is 1.97. The summed E-state index contributed by atoms with van der Waals surface area (Å²) in [4.78, 5) is 42.9. The van der Waals surface area contributed by atoms with Crippen LogP contribution in [0.4, 0.5) is 0 Å². The topological polar surface area (TPSA) is 156 Å².